The summed E-state index contributed by atoms with van der Waals surface area (Å²) >= 11 is 0. The van der Waals surface area contributed by atoms with Gasteiger partial charge in [0, 0.05) is 11.7 Å². The topological polar surface area (TPSA) is 41.1 Å². The second kappa shape index (κ2) is 8.53. The van der Waals surface area contributed by atoms with Crippen LogP contribution in [0.1, 0.15) is 13.8 Å². The van der Waals surface area contributed by atoms with Crippen LogP contribution in [-0.2, 0) is 4.79 Å². The second-order valence-electron chi connectivity index (χ2n) is 3.53. The van der Waals surface area contributed by atoms with E-state index >= 15 is 0 Å². The zero-order valence-corrected chi connectivity index (χ0v) is 9.99. The van der Waals surface area contributed by atoms with Gasteiger partial charge in [-0.05, 0) is 26.0 Å². The molecule has 0 saturated heterocycles. The molecule has 0 fully saturated rings. The zero-order chi connectivity index (χ0) is 12.4. The van der Waals surface area contributed by atoms with Crippen LogP contribution in [0.25, 0.3) is 0 Å². The summed E-state index contributed by atoms with van der Waals surface area (Å²) in [5.41, 5.74) is 0.828. The minimum Gasteiger partial charge on any atom is -0.376 e. The van der Waals surface area contributed by atoms with Crippen LogP contribution in [0.15, 0.2) is 49.2 Å². The number of hydrogen-bond donors (Lipinski definition) is 2. The molecule has 3 nitrogen and oxygen atoms in total. The molecule has 0 aromatic rings. The number of nitrogens with one attached hydrogen (secondary N) is 2. The highest BCUT2D eigenvalue weighted by molar-refractivity contribution is 5.78. The standard InChI is InChI=1S/C13H20N2O/c1-5-7-9-12(8-6-2)14-10-13(16)15-11(3)4/h5-9,11,14H,1-2,10H2,3-4H3,(H,15,16)/b9-7-,12-8+. The van der Waals surface area contributed by atoms with E-state index in [1.807, 2.05) is 19.9 Å². The third-order valence-electron chi connectivity index (χ3n) is 1.61. The van der Waals surface area contributed by atoms with E-state index in [0.717, 1.165) is 5.70 Å². The quantitative estimate of drug-likeness (QED) is 0.643. The minimum atomic E-state index is -0.0306. The molecule has 0 saturated carbocycles. The monoisotopic (exact) mass is 220 g/mol. The molecule has 1 amide bonds. The van der Waals surface area contributed by atoms with E-state index in [9.17, 15) is 4.79 Å². The summed E-state index contributed by atoms with van der Waals surface area (Å²) in [6, 6.07) is 0.157. The van der Waals surface area contributed by atoms with E-state index in [1.54, 1.807) is 24.3 Å². The highest BCUT2D eigenvalue weighted by Crippen LogP contribution is 1.92. The number of rotatable bonds is 7. The van der Waals surface area contributed by atoms with E-state index < -0.39 is 0 Å². The maximum absolute atomic E-state index is 11.4. The zero-order valence-electron chi connectivity index (χ0n) is 9.99. The van der Waals surface area contributed by atoms with Crippen LogP contribution in [0.2, 0.25) is 0 Å². The number of allylic oxidation sites excluding steroid dienone is 5. The third-order valence-corrected chi connectivity index (χ3v) is 1.61. The highest BCUT2D eigenvalue weighted by atomic mass is 16.1. The summed E-state index contributed by atoms with van der Waals surface area (Å²) in [4.78, 5) is 11.4. The maximum Gasteiger partial charge on any atom is 0.239 e. The molecule has 0 rings (SSSR count). The summed E-state index contributed by atoms with van der Waals surface area (Å²) < 4.78 is 0. The van der Waals surface area contributed by atoms with Crippen molar-refractivity contribution in [2.75, 3.05) is 6.54 Å². The van der Waals surface area contributed by atoms with Crippen molar-refractivity contribution in [3.05, 3.63) is 49.2 Å². The number of carbonyl (C=O) groups excluding carboxylic acids is 1. The first kappa shape index (κ1) is 14.2. The lowest BCUT2D eigenvalue weighted by molar-refractivity contribution is -0.120. The molecule has 0 aromatic heterocycles. The Hall–Kier alpha value is -1.77. The van der Waals surface area contributed by atoms with Crippen molar-refractivity contribution >= 4 is 5.91 Å². The molecule has 0 unspecified atom stereocenters. The highest BCUT2D eigenvalue weighted by Gasteiger charge is 2.02. The molecule has 0 radical (unpaired) electrons. The Balaban J connectivity index is 4.17. The van der Waals surface area contributed by atoms with Crippen molar-refractivity contribution in [1.29, 1.82) is 0 Å². The molecule has 16 heavy (non-hydrogen) atoms. The van der Waals surface area contributed by atoms with Gasteiger partial charge in [0.1, 0.15) is 0 Å². The molecular formula is C13H20N2O. The average Bonchev–Trinajstić information content (AvgIpc) is 2.21. The first-order chi connectivity index (χ1) is 7.60. The van der Waals surface area contributed by atoms with Crippen molar-refractivity contribution in [3.8, 4) is 0 Å². The van der Waals surface area contributed by atoms with Gasteiger partial charge in [-0.2, -0.15) is 0 Å². The van der Waals surface area contributed by atoms with Crippen LogP contribution in [0.3, 0.4) is 0 Å². The normalized spacial score (nSPS) is 11.6. The van der Waals surface area contributed by atoms with Crippen LogP contribution in [0.4, 0.5) is 0 Å². The Labute approximate surface area is 97.6 Å². The predicted molar refractivity (Wildman–Crippen MR) is 68.9 cm³/mol. The molecule has 3 heteroatoms. The molecule has 2 N–H and O–H groups in total. The number of hydrogen-bond acceptors (Lipinski definition) is 2. The minimum absolute atomic E-state index is 0.0306. The van der Waals surface area contributed by atoms with Crippen molar-refractivity contribution in [2.24, 2.45) is 0 Å². The molecule has 0 aromatic carbocycles. The van der Waals surface area contributed by atoms with Gasteiger partial charge in [0.2, 0.25) is 5.91 Å². The van der Waals surface area contributed by atoms with Crippen LogP contribution in [0.5, 0.6) is 0 Å². The molecule has 0 spiro atoms. The van der Waals surface area contributed by atoms with Gasteiger partial charge >= 0.3 is 0 Å². The summed E-state index contributed by atoms with van der Waals surface area (Å²) in [5.74, 6) is -0.0306. The largest absolute Gasteiger partial charge is 0.376 e. The Morgan fingerprint density at radius 2 is 2.00 bits per heavy atom. The van der Waals surface area contributed by atoms with Gasteiger partial charge in [-0.3, -0.25) is 4.79 Å². The first-order valence-corrected chi connectivity index (χ1v) is 5.25. The van der Waals surface area contributed by atoms with Gasteiger partial charge in [0.15, 0.2) is 0 Å². The number of carbonyl (C=O) groups is 1. The SMILES string of the molecule is C=C/C=C\C(=C/C=C)NCC(=O)NC(C)C. The van der Waals surface area contributed by atoms with Crippen LogP contribution in [-0.4, -0.2) is 18.5 Å². The van der Waals surface area contributed by atoms with E-state index in [4.69, 9.17) is 0 Å². The average molecular weight is 220 g/mol. The van der Waals surface area contributed by atoms with Crippen LogP contribution >= 0.6 is 0 Å². The Morgan fingerprint density at radius 3 is 2.50 bits per heavy atom. The second-order valence-corrected chi connectivity index (χ2v) is 3.53. The van der Waals surface area contributed by atoms with Crippen molar-refractivity contribution in [2.45, 2.75) is 19.9 Å². The van der Waals surface area contributed by atoms with Gasteiger partial charge in [0.25, 0.3) is 0 Å². The summed E-state index contributed by atoms with van der Waals surface area (Å²) in [5, 5.41) is 5.80. The van der Waals surface area contributed by atoms with Crippen molar-refractivity contribution in [1.82, 2.24) is 10.6 Å². The fourth-order valence-electron chi connectivity index (χ4n) is 1.03. The Bertz CT molecular complexity index is 301. The molecule has 0 atom stereocenters. The molecule has 0 aliphatic heterocycles. The smallest absolute Gasteiger partial charge is 0.239 e. The molecular weight excluding hydrogens is 200 g/mol. The lowest BCUT2D eigenvalue weighted by atomic mass is 10.3. The maximum atomic E-state index is 11.4. The lowest BCUT2D eigenvalue weighted by Crippen LogP contribution is -2.37. The van der Waals surface area contributed by atoms with Gasteiger partial charge in [-0.1, -0.05) is 31.4 Å². The first-order valence-electron chi connectivity index (χ1n) is 5.25. The van der Waals surface area contributed by atoms with E-state index in [0.29, 0.717) is 0 Å². The molecule has 0 bridgehead atoms. The molecule has 0 aliphatic carbocycles. The van der Waals surface area contributed by atoms with Gasteiger partial charge < -0.3 is 10.6 Å². The van der Waals surface area contributed by atoms with Crippen molar-refractivity contribution < 1.29 is 4.79 Å². The van der Waals surface area contributed by atoms with Gasteiger partial charge in [-0.25, -0.2) is 0 Å². The fraction of sp³-hybridized carbons (Fsp3) is 0.308. The predicted octanol–water partition coefficient (Wildman–Crippen LogP) is 1.91. The molecule has 0 aliphatic rings. The van der Waals surface area contributed by atoms with E-state index in [-0.39, 0.29) is 18.5 Å². The lowest BCUT2D eigenvalue weighted by Gasteiger charge is -2.10. The molecule has 0 heterocycles. The summed E-state index contributed by atoms with van der Waals surface area (Å²) in [7, 11) is 0. The van der Waals surface area contributed by atoms with Gasteiger partial charge in [0.05, 0.1) is 6.54 Å². The summed E-state index contributed by atoms with van der Waals surface area (Å²) in [6.07, 6.45) is 8.76. The van der Waals surface area contributed by atoms with Crippen molar-refractivity contribution in [3.63, 3.8) is 0 Å². The van der Waals surface area contributed by atoms with Gasteiger partial charge in [-0.15, -0.1) is 0 Å². The van der Waals surface area contributed by atoms with Crippen LogP contribution in [0, 0.1) is 0 Å². The van der Waals surface area contributed by atoms with E-state index in [1.165, 1.54) is 0 Å². The third kappa shape index (κ3) is 7.62. The fourth-order valence-corrected chi connectivity index (χ4v) is 1.03. The Kier molecular flexibility index (Phi) is 7.59. The van der Waals surface area contributed by atoms with Crippen LogP contribution < -0.4 is 10.6 Å². The number of amides is 1. The Morgan fingerprint density at radius 1 is 1.31 bits per heavy atom. The summed E-state index contributed by atoms with van der Waals surface area (Å²) in [6.45, 7) is 11.3. The molecule has 88 valence electrons. The van der Waals surface area contributed by atoms with E-state index in [2.05, 4.69) is 23.8 Å².